The van der Waals surface area contributed by atoms with Gasteiger partial charge in [-0.3, -0.25) is 0 Å². The van der Waals surface area contributed by atoms with Gasteiger partial charge in [-0.1, -0.05) is 6.92 Å². The van der Waals surface area contributed by atoms with E-state index in [0.29, 0.717) is 0 Å². The van der Waals surface area contributed by atoms with Gasteiger partial charge in [0.15, 0.2) is 0 Å². The van der Waals surface area contributed by atoms with Crippen LogP contribution in [-0.2, 0) is 0 Å². The van der Waals surface area contributed by atoms with Crippen molar-refractivity contribution in [1.29, 1.82) is 0 Å². The second kappa shape index (κ2) is 5.13. The Morgan fingerprint density at radius 3 is 2.11 bits per heavy atom. The summed E-state index contributed by atoms with van der Waals surface area (Å²) in [5.41, 5.74) is 0.718. The minimum Gasteiger partial charge on any atom is -0.316 e. The van der Waals surface area contributed by atoms with Crippen LogP contribution in [0.5, 0.6) is 0 Å². The molecule has 4 aliphatic rings. The molecule has 0 atom stereocenters. The normalized spacial score (nSPS) is 41.8. The number of rotatable bonds is 6. The summed E-state index contributed by atoms with van der Waals surface area (Å²) in [6.07, 6.45) is 9.35. The molecule has 0 radical (unpaired) electrons. The fraction of sp³-hybridized carbons (Fsp3) is 1.00. The number of hydrogen-bond donors (Lipinski definition) is 1. The summed E-state index contributed by atoms with van der Waals surface area (Å²) in [5.74, 6) is 3.29. The van der Waals surface area contributed by atoms with Crippen LogP contribution in [0.15, 0.2) is 0 Å². The lowest BCUT2D eigenvalue weighted by molar-refractivity contribution is -0.0659. The van der Waals surface area contributed by atoms with E-state index in [2.05, 4.69) is 24.2 Å². The number of nitrogens with one attached hydrogen (secondary N) is 1. The highest BCUT2D eigenvalue weighted by Crippen LogP contribution is 2.60. The number of nitrogens with zero attached hydrogens (tertiary/aromatic N) is 1. The Kier molecular flexibility index (Phi) is 3.68. The average Bonchev–Trinajstić information content (AvgIpc) is 2.26. The molecule has 0 aromatic heterocycles. The van der Waals surface area contributed by atoms with E-state index in [9.17, 15) is 0 Å². The Morgan fingerprint density at radius 2 is 1.61 bits per heavy atom. The van der Waals surface area contributed by atoms with E-state index in [4.69, 9.17) is 0 Å². The van der Waals surface area contributed by atoms with E-state index >= 15 is 0 Å². The molecule has 2 heteroatoms. The van der Waals surface area contributed by atoms with Gasteiger partial charge in [0, 0.05) is 19.6 Å². The highest BCUT2D eigenvalue weighted by atomic mass is 15.1. The van der Waals surface area contributed by atoms with Crippen molar-refractivity contribution in [2.75, 3.05) is 33.2 Å². The third-order valence-corrected chi connectivity index (χ3v) is 5.69. The van der Waals surface area contributed by atoms with Crippen molar-refractivity contribution in [3.05, 3.63) is 0 Å². The maximum absolute atomic E-state index is 3.45. The maximum atomic E-state index is 3.45. The number of likely N-dealkylation sites (N-methyl/N-ethyl adjacent to an activating group) is 2. The summed E-state index contributed by atoms with van der Waals surface area (Å²) in [7, 11) is 2.33. The quantitative estimate of drug-likeness (QED) is 0.729. The summed E-state index contributed by atoms with van der Waals surface area (Å²) in [6.45, 7) is 7.03. The monoisotopic (exact) mass is 250 g/mol. The topological polar surface area (TPSA) is 15.3 Å². The molecule has 0 unspecified atom stereocenters. The Balaban J connectivity index is 1.55. The molecule has 1 N–H and O–H groups in total. The Bertz CT molecular complexity index is 252. The predicted molar refractivity (Wildman–Crippen MR) is 76.6 cm³/mol. The van der Waals surface area contributed by atoms with Gasteiger partial charge in [-0.2, -0.15) is 0 Å². The predicted octanol–water partition coefficient (Wildman–Crippen LogP) is 2.74. The van der Waals surface area contributed by atoms with E-state index in [0.717, 1.165) is 36.3 Å². The smallest absolute Gasteiger partial charge is 0.0104 e. The van der Waals surface area contributed by atoms with Gasteiger partial charge in [0.1, 0.15) is 0 Å². The van der Waals surface area contributed by atoms with Gasteiger partial charge in [-0.15, -0.1) is 0 Å². The fourth-order valence-electron chi connectivity index (χ4n) is 5.58. The third kappa shape index (κ3) is 2.60. The van der Waals surface area contributed by atoms with Crippen LogP contribution < -0.4 is 5.32 Å². The van der Waals surface area contributed by atoms with Crippen molar-refractivity contribution >= 4 is 0 Å². The molecule has 4 rings (SSSR count). The first-order valence-corrected chi connectivity index (χ1v) is 8.08. The van der Waals surface area contributed by atoms with Crippen molar-refractivity contribution in [3.63, 3.8) is 0 Å². The lowest BCUT2D eigenvalue weighted by atomic mass is 9.49. The standard InChI is InChI=1S/C16H30N2/c1-3-17-4-5-18(2)12-16-9-13-6-14(10-16)8-15(7-13)11-16/h13-15,17H,3-12H2,1-2H3. The molecule has 0 aliphatic heterocycles. The van der Waals surface area contributed by atoms with Gasteiger partial charge in [0.2, 0.25) is 0 Å². The molecule has 0 aromatic carbocycles. The van der Waals surface area contributed by atoms with Crippen LogP contribution in [0.3, 0.4) is 0 Å². The zero-order valence-corrected chi connectivity index (χ0v) is 12.3. The molecule has 0 saturated heterocycles. The van der Waals surface area contributed by atoms with Gasteiger partial charge >= 0.3 is 0 Å². The first-order valence-electron chi connectivity index (χ1n) is 8.08. The SMILES string of the molecule is CCNCCN(C)CC12CC3CC(CC(C3)C1)C2. The average molecular weight is 250 g/mol. The van der Waals surface area contributed by atoms with Crippen molar-refractivity contribution in [1.82, 2.24) is 10.2 Å². The highest BCUT2D eigenvalue weighted by molar-refractivity contribution is 5.02. The van der Waals surface area contributed by atoms with Gasteiger partial charge in [0.05, 0.1) is 0 Å². The second-order valence-electron chi connectivity index (χ2n) is 7.51. The molecule has 2 nitrogen and oxygen atoms in total. The molecule has 104 valence electrons. The van der Waals surface area contributed by atoms with E-state index in [1.807, 2.05) is 0 Å². The first kappa shape index (κ1) is 12.9. The van der Waals surface area contributed by atoms with Crippen LogP contribution in [-0.4, -0.2) is 38.1 Å². The zero-order valence-electron chi connectivity index (χ0n) is 12.3. The summed E-state index contributed by atoms with van der Waals surface area (Å²) >= 11 is 0. The van der Waals surface area contributed by atoms with Crippen molar-refractivity contribution in [2.24, 2.45) is 23.2 Å². The fourth-order valence-corrected chi connectivity index (χ4v) is 5.58. The van der Waals surface area contributed by atoms with Gasteiger partial charge in [-0.25, -0.2) is 0 Å². The zero-order chi connectivity index (χ0) is 12.6. The first-order chi connectivity index (χ1) is 8.69. The van der Waals surface area contributed by atoms with Crippen LogP contribution in [0.1, 0.15) is 45.4 Å². The molecule has 0 aromatic rings. The van der Waals surface area contributed by atoms with Gasteiger partial charge in [0.25, 0.3) is 0 Å². The maximum Gasteiger partial charge on any atom is 0.0104 e. The molecule has 0 heterocycles. The van der Waals surface area contributed by atoms with Gasteiger partial charge < -0.3 is 10.2 Å². The molecule has 4 fully saturated rings. The van der Waals surface area contributed by atoms with Crippen LogP contribution in [0, 0.1) is 23.2 Å². The van der Waals surface area contributed by atoms with Crippen LogP contribution in [0.25, 0.3) is 0 Å². The minimum atomic E-state index is 0.718. The van der Waals surface area contributed by atoms with Crippen molar-refractivity contribution in [3.8, 4) is 0 Å². The van der Waals surface area contributed by atoms with Crippen molar-refractivity contribution < 1.29 is 0 Å². The molecule has 4 saturated carbocycles. The van der Waals surface area contributed by atoms with Crippen LogP contribution in [0.4, 0.5) is 0 Å². The molecule has 0 amide bonds. The van der Waals surface area contributed by atoms with E-state index in [1.165, 1.54) is 13.1 Å². The molecule has 4 aliphatic carbocycles. The van der Waals surface area contributed by atoms with E-state index in [-0.39, 0.29) is 0 Å². The summed E-state index contributed by atoms with van der Waals surface area (Å²) in [6, 6.07) is 0. The molecule has 4 bridgehead atoms. The summed E-state index contributed by atoms with van der Waals surface area (Å²) in [4.78, 5) is 2.59. The molecular formula is C16H30N2. The van der Waals surface area contributed by atoms with Crippen molar-refractivity contribution in [2.45, 2.75) is 45.4 Å². The Hall–Kier alpha value is -0.0800. The Morgan fingerprint density at radius 1 is 1.06 bits per heavy atom. The van der Waals surface area contributed by atoms with Crippen LogP contribution in [0.2, 0.25) is 0 Å². The summed E-state index contributed by atoms with van der Waals surface area (Å²) in [5, 5.41) is 3.45. The Labute approximate surface area is 113 Å². The second-order valence-corrected chi connectivity index (χ2v) is 7.51. The summed E-state index contributed by atoms with van der Waals surface area (Å²) < 4.78 is 0. The molecule has 18 heavy (non-hydrogen) atoms. The lowest BCUT2D eigenvalue weighted by Gasteiger charge is -2.57. The third-order valence-electron chi connectivity index (χ3n) is 5.69. The largest absolute Gasteiger partial charge is 0.316 e. The minimum absolute atomic E-state index is 0.718. The van der Waals surface area contributed by atoms with E-state index in [1.54, 1.807) is 38.5 Å². The molecular weight excluding hydrogens is 220 g/mol. The van der Waals surface area contributed by atoms with E-state index < -0.39 is 0 Å². The lowest BCUT2D eigenvalue weighted by Crippen LogP contribution is -2.51. The highest BCUT2D eigenvalue weighted by Gasteiger charge is 2.50. The van der Waals surface area contributed by atoms with Crippen LogP contribution >= 0.6 is 0 Å². The van der Waals surface area contributed by atoms with Gasteiger partial charge in [-0.05, 0) is 75.3 Å². The number of hydrogen-bond acceptors (Lipinski definition) is 2. The molecule has 0 spiro atoms.